The van der Waals surface area contributed by atoms with Crippen LogP contribution in [-0.2, 0) is 0 Å². The molecule has 2 atom stereocenters. The second-order valence-corrected chi connectivity index (χ2v) is 5.42. The highest BCUT2D eigenvalue weighted by atomic mass is 35.5. The van der Waals surface area contributed by atoms with Gasteiger partial charge in [0, 0.05) is 12.6 Å². The number of nitrogens with zero attached hydrogens (tertiary/aromatic N) is 1. The lowest BCUT2D eigenvalue weighted by atomic mass is 9.92. The van der Waals surface area contributed by atoms with Gasteiger partial charge in [-0.1, -0.05) is 37.3 Å². The van der Waals surface area contributed by atoms with Gasteiger partial charge in [0.1, 0.15) is 0 Å². The fourth-order valence-electron chi connectivity index (χ4n) is 3.23. The van der Waals surface area contributed by atoms with Crippen molar-refractivity contribution in [3.63, 3.8) is 0 Å². The van der Waals surface area contributed by atoms with Crippen LogP contribution in [0.4, 0.5) is 0 Å². The molecule has 2 N–H and O–H groups in total. The fraction of sp³-hybridized carbons (Fsp3) is 0.625. The van der Waals surface area contributed by atoms with Gasteiger partial charge in [-0.2, -0.15) is 0 Å². The van der Waals surface area contributed by atoms with Crippen LogP contribution in [-0.4, -0.2) is 24.5 Å². The molecular weight excluding hydrogens is 256 g/mol. The van der Waals surface area contributed by atoms with Crippen molar-refractivity contribution in [2.45, 2.75) is 38.6 Å². The Bertz CT molecular complexity index is 340. The van der Waals surface area contributed by atoms with Gasteiger partial charge in [0.15, 0.2) is 0 Å². The lowest BCUT2D eigenvalue weighted by molar-refractivity contribution is 0.117. The second kappa shape index (κ2) is 8.57. The zero-order valence-corrected chi connectivity index (χ0v) is 12.7. The smallest absolute Gasteiger partial charge is 0.0345 e. The number of hydrogen-bond acceptors (Lipinski definition) is 2. The van der Waals surface area contributed by atoms with E-state index in [-0.39, 0.29) is 12.4 Å². The molecule has 1 fully saturated rings. The van der Waals surface area contributed by atoms with E-state index in [0.29, 0.717) is 6.04 Å². The first kappa shape index (κ1) is 16.5. The Balaban J connectivity index is 0.00000180. The first-order valence-corrected chi connectivity index (χ1v) is 7.34. The summed E-state index contributed by atoms with van der Waals surface area (Å²) in [5, 5.41) is 0. The molecule has 1 aliphatic heterocycles. The van der Waals surface area contributed by atoms with Gasteiger partial charge in [-0.25, -0.2) is 0 Å². The average Bonchev–Trinajstić information content (AvgIpc) is 2.42. The maximum Gasteiger partial charge on any atom is 0.0345 e. The zero-order valence-electron chi connectivity index (χ0n) is 11.9. The molecule has 0 bridgehead atoms. The topological polar surface area (TPSA) is 29.3 Å². The maximum absolute atomic E-state index is 5.71. The van der Waals surface area contributed by atoms with Crippen LogP contribution in [0, 0.1) is 5.92 Å². The minimum absolute atomic E-state index is 0. The number of benzene rings is 1. The molecule has 1 aliphatic rings. The van der Waals surface area contributed by atoms with Gasteiger partial charge in [0.05, 0.1) is 0 Å². The Morgan fingerprint density at radius 2 is 2.05 bits per heavy atom. The third-order valence-corrected chi connectivity index (χ3v) is 4.14. The van der Waals surface area contributed by atoms with Gasteiger partial charge >= 0.3 is 0 Å². The number of likely N-dealkylation sites (tertiary alicyclic amines) is 1. The molecule has 0 amide bonds. The molecule has 1 aromatic rings. The first-order chi connectivity index (χ1) is 8.85. The molecule has 3 heteroatoms. The summed E-state index contributed by atoms with van der Waals surface area (Å²) in [7, 11) is 0. The molecule has 2 unspecified atom stereocenters. The molecular formula is C16H27ClN2. The molecule has 1 heterocycles. The van der Waals surface area contributed by atoms with E-state index in [4.69, 9.17) is 5.73 Å². The molecule has 1 saturated heterocycles. The molecule has 108 valence electrons. The monoisotopic (exact) mass is 282 g/mol. The van der Waals surface area contributed by atoms with Crippen molar-refractivity contribution in [1.29, 1.82) is 0 Å². The quantitative estimate of drug-likeness (QED) is 0.894. The molecule has 0 aliphatic carbocycles. The van der Waals surface area contributed by atoms with Crippen LogP contribution >= 0.6 is 12.4 Å². The van der Waals surface area contributed by atoms with Gasteiger partial charge in [-0.05, 0) is 50.3 Å². The largest absolute Gasteiger partial charge is 0.330 e. The normalized spacial score (nSPS) is 21.7. The third-order valence-electron chi connectivity index (χ3n) is 4.14. The SMILES string of the molecule is CCC(c1ccccc1)N1CCCC(CCN)C1.Cl. The summed E-state index contributed by atoms with van der Waals surface area (Å²) < 4.78 is 0. The van der Waals surface area contributed by atoms with Crippen LogP contribution in [0.15, 0.2) is 30.3 Å². The number of nitrogens with two attached hydrogens (primary N) is 1. The van der Waals surface area contributed by atoms with Crippen LogP contribution < -0.4 is 5.73 Å². The first-order valence-electron chi connectivity index (χ1n) is 7.34. The highest BCUT2D eigenvalue weighted by Crippen LogP contribution is 2.29. The summed E-state index contributed by atoms with van der Waals surface area (Å²) in [5.74, 6) is 0.807. The van der Waals surface area contributed by atoms with E-state index in [0.717, 1.165) is 12.5 Å². The standard InChI is InChI=1S/C16H26N2.ClH/c1-2-16(15-8-4-3-5-9-15)18-12-6-7-14(13-18)10-11-17;/h3-5,8-9,14,16H,2,6-7,10-13,17H2,1H3;1H. The Labute approximate surface area is 123 Å². The van der Waals surface area contributed by atoms with Gasteiger partial charge in [0.25, 0.3) is 0 Å². The molecule has 0 radical (unpaired) electrons. The van der Waals surface area contributed by atoms with E-state index < -0.39 is 0 Å². The highest BCUT2D eigenvalue weighted by Gasteiger charge is 2.25. The van der Waals surface area contributed by atoms with E-state index in [2.05, 4.69) is 42.2 Å². The van der Waals surface area contributed by atoms with Crippen molar-refractivity contribution in [3.8, 4) is 0 Å². The van der Waals surface area contributed by atoms with E-state index in [1.165, 1.54) is 44.3 Å². The molecule has 0 spiro atoms. The number of halogens is 1. The minimum Gasteiger partial charge on any atom is -0.330 e. The summed E-state index contributed by atoms with van der Waals surface area (Å²) in [4.78, 5) is 2.67. The zero-order chi connectivity index (χ0) is 12.8. The average molecular weight is 283 g/mol. The predicted octanol–water partition coefficient (Wildman–Crippen LogP) is 3.62. The summed E-state index contributed by atoms with van der Waals surface area (Å²) in [6.45, 7) is 5.60. The number of rotatable bonds is 5. The van der Waals surface area contributed by atoms with Crippen LogP contribution in [0.5, 0.6) is 0 Å². The van der Waals surface area contributed by atoms with Crippen LogP contribution in [0.1, 0.15) is 44.2 Å². The lowest BCUT2D eigenvalue weighted by Gasteiger charge is -2.38. The van der Waals surface area contributed by atoms with E-state index in [1.807, 2.05) is 0 Å². The second-order valence-electron chi connectivity index (χ2n) is 5.42. The molecule has 0 aromatic heterocycles. The van der Waals surface area contributed by atoms with E-state index >= 15 is 0 Å². The third kappa shape index (κ3) is 4.48. The highest BCUT2D eigenvalue weighted by molar-refractivity contribution is 5.85. The Kier molecular flexibility index (Phi) is 7.44. The van der Waals surface area contributed by atoms with Gasteiger partial charge in [-0.15, -0.1) is 12.4 Å². The van der Waals surface area contributed by atoms with Crippen LogP contribution in [0.3, 0.4) is 0 Å². The fourth-order valence-corrected chi connectivity index (χ4v) is 3.23. The summed E-state index contributed by atoms with van der Waals surface area (Å²) >= 11 is 0. The summed E-state index contributed by atoms with van der Waals surface area (Å²) in [6, 6.07) is 11.5. The minimum atomic E-state index is 0. The van der Waals surface area contributed by atoms with Crippen molar-refractivity contribution in [2.24, 2.45) is 11.7 Å². The van der Waals surface area contributed by atoms with Gasteiger partial charge in [-0.3, -0.25) is 4.90 Å². The Morgan fingerprint density at radius 1 is 1.32 bits per heavy atom. The van der Waals surface area contributed by atoms with Crippen LogP contribution in [0.2, 0.25) is 0 Å². The molecule has 2 nitrogen and oxygen atoms in total. The predicted molar refractivity (Wildman–Crippen MR) is 84.7 cm³/mol. The summed E-state index contributed by atoms with van der Waals surface area (Å²) in [5.41, 5.74) is 7.17. The number of piperidine rings is 1. The van der Waals surface area contributed by atoms with E-state index in [9.17, 15) is 0 Å². The van der Waals surface area contributed by atoms with Crippen molar-refractivity contribution in [1.82, 2.24) is 4.90 Å². The number of hydrogen-bond donors (Lipinski definition) is 1. The van der Waals surface area contributed by atoms with Crippen LogP contribution in [0.25, 0.3) is 0 Å². The Morgan fingerprint density at radius 3 is 2.68 bits per heavy atom. The van der Waals surface area contributed by atoms with Gasteiger partial charge in [0.2, 0.25) is 0 Å². The molecule has 19 heavy (non-hydrogen) atoms. The van der Waals surface area contributed by atoms with Gasteiger partial charge < -0.3 is 5.73 Å². The van der Waals surface area contributed by atoms with Crippen molar-refractivity contribution >= 4 is 12.4 Å². The summed E-state index contributed by atoms with van der Waals surface area (Å²) in [6.07, 6.45) is 5.06. The maximum atomic E-state index is 5.71. The Hall–Kier alpha value is -0.570. The van der Waals surface area contributed by atoms with Crippen molar-refractivity contribution in [3.05, 3.63) is 35.9 Å². The van der Waals surface area contributed by atoms with Crippen molar-refractivity contribution < 1.29 is 0 Å². The molecule has 1 aromatic carbocycles. The van der Waals surface area contributed by atoms with E-state index in [1.54, 1.807) is 0 Å². The molecule has 0 saturated carbocycles. The molecule has 2 rings (SSSR count). The lowest BCUT2D eigenvalue weighted by Crippen LogP contribution is -2.38. The van der Waals surface area contributed by atoms with Crippen molar-refractivity contribution in [2.75, 3.05) is 19.6 Å².